The molecule has 0 aromatic carbocycles. The molecule has 0 heterocycles. The Morgan fingerprint density at radius 3 is 2.36 bits per heavy atom. The van der Waals surface area contributed by atoms with E-state index in [1.165, 1.54) is 0 Å². The van der Waals surface area contributed by atoms with Gasteiger partial charge in [-0.3, -0.25) is 19.2 Å². The van der Waals surface area contributed by atoms with Crippen LogP contribution in [0.15, 0.2) is 11.2 Å². The number of nitrogens with two attached hydrogens (primary N) is 1. The van der Waals surface area contributed by atoms with Gasteiger partial charge in [0.05, 0.1) is 6.61 Å². The molecule has 12 nitrogen and oxygen atoms in total. The summed E-state index contributed by atoms with van der Waals surface area (Å²) in [7, 11) is 0. The molecule has 0 spiro atoms. The fraction of sp³-hybridized carbons (Fsp3) is 0.533. The van der Waals surface area contributed by atoms with E-state index in [2.05, 4.69) is 15.4 Å². The van der Waals surface area contributed by atoms with Crippen molar-refractivity contribution < 1.29 is 44.0 Å². The fourth-order valence-corrected chi connectivity index (χ4v) is 2.40. The summed E-state index contributed by atoms with van der Waals surface area (Å²) in [5.41, 5.74) is 5.30. The van der Waals surface area contributed by atoms with E-state index in [-0.39, 0.29) is 25.2 Å². The van der Waals surface area contributed by atoms with Gasteiger partial charge in [-0.05, 0) is 13.3 Å². The topological polar surface area (TPSA) is 205 Å². The van der Waals surface area contributed by atoms with Crippen LogP contribution in [0.4, 0.5) is 0 Å². The Hall–Kier alpha value is -2.80. The fourth-order valence-electron chi connectivity index (χ4n) is 1.62. The Morgan fingerprint density at radius 1 is 1.18 bits per heavy atom. The maximum atomic E-state index is 12.0. The molecule has 0 rings (SSSR count). The van der Waals surface area contributed by atoms with Gasteiger partial charge < -0.3 is 36.4 Å². The highest BCUT2D eigenvalue weighted by Crippen LogP contribution is 2.10. The Kier molecular flexibility index (Phi) is 12.0. The third kappa shape index (κ3) is 11.0. The first-order chi connectivity index (χ1) is 13.1. The second kappa shape index (κ2) is 13.4. The molecule has 0 aliphatic rings. The third-order valence-electron chi connectivity index (χ3n) is 3.01. The molecule has 0 aromatic rings. The molecular formula is C15H23N3O9S. The standard InChI is InChI=1S/C15H23N3O9S/c1-2-27-15(26)10(19)7-28-6-9(13(23)17-5-12(21)22)18-11(20)4-3-8(16)14(24)25/h7-9,19H,2-6,16H2,1H3,(H,17,23)(H,18,20)(H,21,22)(H,24,25)/b10-7-. The van der Waals surface area contributed by atoms with Gasteiger partial charge in [0.25, 0.3) is 0 Å². The van der Waals surface area contributed by atoms with E-state index in [4.69, 9.17) is 15.9 Å². The summed E-state index contributed by atoms with van der Waals surface area (Å²) in [6.07, 6.45) is -0.438. The monoisotopic (exact) mass is 421 g/mol. The third-order valence-corrected chi connectivity index (χ3v) is 3.92. The number of carbonyl (C=O) groups is 5. The predicted molar refractivity (Wildman–Crippen MR) is 97.2 cm³/mol. The summed E-state index contributed by atoms with van der Waals surface area (Å²) in [5, 5.41) is 32.2. The van der Waals surface area contributed by atoms with E-state index < -0.39 is 54.1 Å². The summed E-state index contributed by atoms with van der Waals surface area (Å²) in [6.45, 7) is 0.923. The van der Waals surface area contributed by atoms with E-state index in [1.807, 2.05) is 0 Å². The second-order valence-electron chi connectivity index (χ2n) is 5.27. The summed E-state index contributed by atoms with van der Waals surface area (Å²) < 4.78 is 4.57. The zero-order valence-corrected chi connectivity index (χ0v) is 15.9. The largest absolute Gasteiger partial charge is 0.501 e. The molecule has 0 saturated heterocycles. The molecule has 28 heavy (non-hydrogen) atoms. The number of aliphatic hydroxyl groups is 1. The van der Waals surface area contributed by atoms with Gasteiger partial charge in [0.15, 0.2) is 0 Å². The van der Waals surface area contributed by atoms with Gasteiger partial charge in [0, 0.05) is 17.6 Å². The normalized spacial score (nSPS) is 13.1. The number of hydrogen-bond acceptors (Lipinski definition) is 9. The molecule has 0 fully saturated rings. The van der Waals surface area contributed by atoms with Crippen LogP contribution in [0.1, 0.15) is 19.8 Å². The number of amides is 2. The van der Waals surface area contributed by atoms with Crippen molar-refractivity contribution in [2.45, 2.75) is 31.8 Å². The number of thioether (sulfide) groups is 1. The molecule has 13 heteroatoms. The number of carbonyl (C=O) groups excluding carboxylic acids is 3. The van der Waals surface area contributed by atoms with Crippen LogP contribution in [0, 0.1) is 0 Å². The molecule has 2 unspecified atom stereocenters. The van der Waals surface area contributed by atoms with E-state index >= 15 is 0 Å². The van der Waals surface area contributed by atoms with Crippen LogP contribution >= 0.6 is 11.8 Å². The van der Waals surface area contributed by atoms with Crippen molar-refractivity contribution >= 4 is 41.5 Å². The highest BCUT2D eigenvalue weighted by atomic mass is 32.2. The van der Waals surface area contributed by atoms with Crippen LogP contribution in [0.5, 0.6) is 0 Å². The lowest BCUT2D eigenvalue weighted by Crippen LogP contribution is -2.49. The number of aliphatic hydroxyl groups excluding tert-OH is 1. The maximum absolute atomic E-state index is 12.0. The predicted octanol–water partition coefficient (Wildman–Crippen LogP) is -1.44. The molecular weight excluding hydrogens is 398 g/mol. The van der Waals surface area contributed by atoms with Crippen LogP contribution < -0.4 is 16.4 Å². The second-order valence-corrected chi connectivity index (χ2v) is 6.17. The number of nitrogens with one attached hydrogen (secondary N) is 2. The number of ether oxygens (including phenoxy) is 1. The Morgan fingerprint density at radius 2 is 1.82 bits per heavy atom. The lowest BCUT2D eigenvalue weighted by molar-refractivity contribution is -0.141. The van der Waals surface area contributed by atoms with Crippen LogP contribution in [0.25, 0.3) is 0 Å². The molecule has 0 aliphatic carbocycles. The molecule has 0 bridgehead atoms. The zero-order chi connectivity index (χ0) is 21.7. The van der Waals surface area contributed by atoms with Gasteiger partial charge >= 0.3 is 17.9 Å². The van der Waals surface area contributed by atoms with E-state index in [1.54, 1.807) is 6.92 Å². The van der Waals surface area contributed by atoms with Crippen LogP contribution in [-0.4, -0.2) is 76.0 Å². The van der Waals surface area contributed by atoms with Crippen molar-refractivity contribution in [3.63, 3.8) is 0 Å². The van der Waals surface area contributed by atoms with Crippen molar-refractivity contribution in [2.24, 2.45) is 5.73 Å². The average molecular weight is 421 g/mol. The molecule has 2 amide bonds. The van der Waals surface area contributed by atoms with Crippen LogP contribution in [0.2, 0.25) is 0 Å². The van der Waals surface area contributed by atoms with Crippen LogP contribution in [-0.2, 0) is 28.7 Å². The van der Waals surface area contributed by atoms with Gasteiger partial charge in [-0.2, -0.15) is 0 Å². The summed E-state index contributed by atoms with van der Waals surface area (Å²) >= 11 is 0.803. The van der Waals surface area contributed by atoms with Crippen molar-refractivity contribution in [2.75, 3.05) is 18.9 Å². The SMILES string of the molecule is CCOC(=O)/C(O)=C/SCC(NC(=O)CCC(N)C(=O)O)C(=O)NCC(=O)O. The van der Waals surface area contributed by atoms with E-state index in [0.717, 1.165) is 17.2 Å². The molecule has 158 valence electrons. The molecule has 0 saturated carbocycles. The Bertz CT molecular complexity index is 624. The zero-order valence-electron chi connectivity index (χ0n) is 15.0. The summed E-state index contributed by atoms with van der Waals surface area (Å²) in [6, 6.07) is -2.45. The Balaban J connectivity index is 4.86. The van der Waals surface area contributed by atoms with Crippen molar-refractivity contribution in [1.29, 1.82) is 0 Å². The lowest BCUT2D eigenvalue weighted by atomic mass is 10.1. The minimum Gasteiger partial charge on any atom is -0.501 e. The van der Waals surface area contributed by atoms with Gasteiger partial charge in [0.2, 0.25) is 17.6 Å². The number of carboxylic acids is 2. The quantitative estimate of drug-likeness (QED) is 0.115. The van der Waals surface area contributed by atoms with Crippen molar-refractivity contribution in [1.82, 2.24) is 10.6 Å². The van der Waals surface area contributed by atoms with Gasteiger partial charge in [-0.1, -0.05) is 0 Å². The highest BCUT2D eigenvalue weighted by Gasteiger charge is 2.22. The number of hydrogen-bond donors (Lipinski definition) is 6. The smallest absolute Gasteiger partial charge is 0.373 e. The van der Waals surface area contributed by atoms with Gasteiger partial charge in [0.1, 0.15) is 18.6 Å². The van der Waals surface area contributed by atoms with Gasteiger partial charge in [-0.25, -0.2) is 4.79 Å². The first-order valence-corrected chi connectivity index (χ1v) is 9.08. The van der Waals surface area contributed by atoms with Crippen molar-refractivity contribution in [3.05, 3.63) is 11.2 Å². The Labute approximate surface area is 164 Å². The number of carboxylic acid groups (broad SMARTS) is 2. The maximum Gasteiger partial charge on any atom is 0.373 e. The first-order valence-electron chi connectivity index (χ1n) is 8.03. The summed E-state index contributed by atoms with van der Waals surface area (Å²) in [4.78, 5) is 56.4. The van der Waals surface area contributed by atoms with Crippen molar-refractivity contribution in [3.8, 4) is 0 Å². The average Bonchev–Trinajstić information content (AvgIpc) is 2.62. The highest BCUT2D eigenvalue weighted by molar-refractivity contribution is 8.02. The van der Waals surface area contributed by atoms with E-state index in [9.17, 15) is 29.1 Å². The van der Waals surface area contributed by atoms with Crippen LogP contribution in [0.3, 0.4) is 0 Å². The molecule has 7 N–H and O–H groups in total. The minimum atomic E-state index is -1.29. The molecule has 0 radical (unpaired) electrons. The summed E-state index contributed by atoms with van der Waals surface area (Å²) in [5.74, 6) is -5.87. The number of aliphatic carboxylic acids is 2. The number of esters is 1. The first kappa shape index (κ1) is 25.2. The molecule has 0 aliphatic heterocycles. The van der Waals surface area contributed by atoms with Gasteiger partial charge in [-0.15, -0.1) is 11.8 Å². The molecule has 0 aromatic heterocycles. The lowest BCUT2D eigenvalue weighted by Gasteiger charge is -2.17. The number of rotatable bonds is 13. The molecule has 2 atom stereocenters. The minimum absolute atomic E-state index is 0.0517. The van der Waals surface area contributed by atoms with E-state index in [0.29, 0.717) is 0 Å².